The molecule has 0 saturated heterocycles. The summed E-state index contributed by atoms with van der Waals surface area (Å²) < 4.78 is 26.6. The van der Waals surface area contributed by atoms with Gasteiger partial charge in [0.1, 0.15) is 12.9 Å². The number of aryl methyl sites for hydroxylation is 1. The third-order valence-corrected chi connectivity index (χ3v) is 5.47. The predicted octanol–water partition coefficient (Wildman–Crippen LogP) is 2.71. The highest BCUT2D eigenvalue weighted by atomic mass is 32.2. The second-order valence-electron chi connectivity index (χ2n) is 7.54. The van der Waals surface area contributed by atoms with Crippen LogP contribution in [0.25, 0.3) is 11.0 Å². The number of aromatic nitrogens is 3. The Morgan fingerprint density at radius 2 is 1.76 bits per heavy atom. The zero-order valence-corrected chi connectivity index (χ0v) is 19.0. The number of nitrogens with zero attached hydrogens (tertiary/aromatic N) is 3. The lowest BCUT2D eigenvalue weighted by atomic mass is 10.1. The summed E-state index contributed by atoms with van der Waals surface area (Å²) in [5, 5.41) is 3.91. The number of hydrogen-bond donors (Lipinski definition) is 2. The Labute approximate surface area is 191 Å². The van der Waals surface area contributed by atoms with Gasteiger partial charge in [0.25, 0.3) is 5.56 Å². The maximum Gasteiger partial charge on any atom is 0.287 e. The van der Waals surface area contributed by atoms with Gasteiger partial charge in [-0.2, -0.15) is 0 Å². The zero-order chi connectivity index (χ0) is 23.4. The smallest absolute Gasteiger partial charge is 0.287 e. The Morgan fingerprint density at radius 3 is 2.52 bits per heavy atom. The molecule has 0 fully saturated rings. The summed E-state index contributed by atoms with van der Waals surface area (Å²) in [7, 11) is -3.38. The summed E-state index contributed by atoms with van der Waals surface area (Å²) >= 11 is 0. The van der Waals surface area contributed by atoms with Crippen LogP contribution in [0.2, 0.25) is 0 Å². The monoisotopic (exact) mass is 465 g/mol. The van der Waals surface area contributed by atoms with E-state index in [1.54, 1.807) is 18.2 Å². The molecular weight excluding hydrogens is 442 g/mol. The molecule has 0 unspecified atom stereocenters. The lowest BCUT2D eigenvalue weighted by Crippen LogP contribution is -2.28. The highest BCUT2D eigenvalue weighted by molar-refractivity contribution is 7.92. The Bertz CT molecular complexity index is 1450. The molecule has 170 valence electrons. The van der Waals surface area contributed by atoms with Gasteiger partial charge in [-0.05, 0) is 30.2 Å². The largest absolute Gasteiger partial charge is 0.404 e. The number of anilines is 2. The van der Waals surface area contributed by atoms with Crippen LogP contribution in [0.4, 0.5) is 11.4 Å². The van der Waals surface area contributed by atoms with Crippen molar-refractivity contribution in [3.63, 3.8) is 0 Å². The molecule has 0 aliphatic heterocycles. The van der Waals surface area contributed by atoms with E-state index in [-0.39, 0.29) is 12.2 Å². The molecular formula is C23H23N5O4S. The van der Waals surface area contributed by atoms with Gasteiger partial charge in [0.2, 0.25) is 10.0 Å². The van der Waals surface area contributed by atoms with Crippen molar-refractivity contribution in [2.75, 3.05) is 16.3 Å². The van der Waals surface area contributed by atoms with Gasteiger partial charge < -0.3 is 10.2 Å². The molecule has 9 nitrogen and oxygen atoms in total. The lowest BCUT2D eigenvalue weighted by Gasteiger charge is -2.16. The Morgan fingerprint density at radius 1 is 1.00 bits per heavy atom. The normalized spacial score (nSPS) is 11.3. The Hall–Kier alpha value is -3.92. The van der Waals surface area contributed by atoms with Gasteiger partial charge in [0.05, 0.1) is 23.0 Å². The third kappa shape index (κ3) is 5.47. The lowest BCUT2D eigenvalue weighted by molar-refractivity contribution is 0.0979. The van der Waals surface area contributed by atoms with Crippen LogP contribution >= 0.6 is 0 Å². The van der Waals surface area contributed by atoms with Crippen LogP contribution in [-0.2, 0) is 23.2 Å². The second-order valence-corrected chi connectivity index (χ2v) is 9.28. The first-order valence-corrected chi connectivity index (χ1v) is 12.0. The van der Waals surface area contributed by atoms with Crippen LogP contribution in [0, 0.1) is 6.92 Å². The van der Waals surface area contributed by atoms with Crippen molar-refractivity contribution in [3.05, 3.63) is 94.2 Å². The van der Waals surface area contributed by atoms with E-state index >= 15 is 0 Å². The molecule has 0 aliphatic rings. The van der Waals surface area contributed by atoms with Gasteiger partial charge >= 0.3 is 0 Å². The molecule has 0 bridgehead atoms. The summed E-state index contributed by atoms with van der Waals surface area (Å²) in [6.07, 6.45) is 2.49. The van der Waals surface area contributed by atoms with Crippen LogP contribution in [0.15, 0.2) is 71.8 Å². The first kappa shape index (κ1) is 22.3. The van der Waals surface area contributed by atoms with Crippen molar-refractivity contribution in [2.24, 2.45) is 0 Å². The fourth-order valence-corrected chi connectivity index (χ4v) is 3.98. The number of pyridine rings is 1. The van der Waals surface area contributed by atoms with Crippen molar-refractivity contribution in [1.82, 2.24) is 14.7 Å². The van der Waals surface area contributed by atoms with Crippen LogP contribution in [0.5, 0.6) is 0 Å². The van der Waals surface area contributed by atoms with Crippen LogP contribution in [0.1, 0.15) is 16.8 Å². The minimum absolute atomic E-state index is 0.214. The van der Waals surface area contributed by atoms with Gasteiger partial charge in [-0.25, -0.2) is 18.4 Å². The molecule has 0 amide bonds. The summed E-state index contributed by atoms with van der Waals surface area (Å²) in [5.74, 6) is 0. The number of benzene rings is 2. The van der Waals surface area contributed by atoms with Crippen LogP contribution in [-0.4, -0.2) is 29.4 Å². The van der Waals surface area contributed by atoms with Gasteiger partial charge in [-0.3, -0.25) is 9.52 Å². The molecule has 4 aromatic rings. The molecule has 0 atom stereocenters. The van der Waals surface area contributed by atoms with Gasteiger partial charge in [-0.15, -0.1) is 4.73 Å². The van der Waals surface area contributed by atoms with E-state index in [4.69, 9.17) is 4.84 Å². The molecule has 2 aromatic carbocycles. The number of hydrogen-bond acceptors (Lipinski definition) is 7. The fraction of sp³-hybridized carbons (Fsp3) is 0.174. The average molecular weight is 466 g/mol. The van der Waals surface area contributed by atoms with Crippen molar-refractivity contribution >= 4 is 32.4 Å². The Balaban J connectivity index is 1.63. The number of fused-ring (bicyclic) bond motifs is 1. The molecule has 0 spiro atoms. The first-order valence-electron chi connectivity index (χ1n) is 10.2. The van der Waals surface area contributed by atoms with Crippen LogP contribution in [0.3, 0.4) is 0 Å². The molecule has 10 heteroatoms. The van der Waals surface area contributed by atoms with Crippen LogP contribution < -0.4 is 20.4 Å². The van der Waals surface area contributed by atoms with Gasteiger partial charge in [0, 0.05) is 18.3 Å². The van der Waals surface area contributed by atoms with E-state index in [0.717, 1.165) is 17.4 Å². The number of nitrogens with one attached hydrogen (secondary N) is 2. The summed E-state index contributed by atoms with van der Waals surface area (Å²) in [6, 6.07) is 18.0. The molecule has 4 rings (SSSR count). The molecule has 2 N–H and O–H groups in total. The topological polar surface area (TPSA) is 115 Å². The molecule has 2 heterocycles. The molecule has 0 radical (unpaired) electrons. The molecule has 0 saturated carbocycles. The minimum Gasteiger partial charge on any atom is -0.404 e. The highest BCUT2D eigenvalue weighted by Crippen LogP contribution is 2.23. The second kappa shape index (κ2) is 9.29. The van der Waals surface area contributed by atoms with E-state index < -0.39 is 10.0 Å². The minimum atomic E-state index is -3.38. The van der Waals surface area contributed by atoms with Crippen molar-refractivity contribution in [1.29, 1.82) is 0 Å². The van der Waals surface area contributed by atoms with Crippen molar-refractivity contribution in [3.8, 4) is 0 Å². The maximum atomic E-state index is 12.9. The van der Waals surface area contributed by atoms with E-state index in [2.05, 4.69) is 20.0 Å². The van der Waals surface area contributed by atoms with Crippen molar-refractivity contribution < 1.29 is 13.3 Å². The number of rotatable bonds is 8. The summed E-state index contributed by atoms with van der Waals surface area (Å²) in [5.41, 5.74) is 3.46. The van der Waals surface area contributed by atoms with E-state index in [0.29, 0.717) is 34.6 Å². The van der Waals surface area contributed by atoms with Gasteiger partial charge in [0.15, 0.2) is 5.65 Å². The maximum absolute atomic E-state index is 12.9. The average Bonchev–Trinajstić information content (AvgIpc) is 2.77. The molecule has 2 aromatic heterocycles. The summed E-state index contributed by atoms with van der Waals surface area (Å²) in [4.78, 5) is 27.2. The summed E-state index contributed by atoms with van der Waals surface area (Å²) in [6.45, 7) is 2.40. The quantitative estimate of drug-likeness (QED) is 0.411. The zero-order valence-electron chi connectivity index (χ0n) is 18.1. The number of sulfonamides is 1. The van der Waals surface area contributed by atoms with E-state index in [1.807, 2.05) is 43.3 Å². The van der Waals surface area contributed by atoms with Crippen molar-refractivity contribution in [2.45, 2.75) is 20.1 Å². The highest BCUT2D eigenvalue weighted by Gasteiger charge is 2.14. The first-order chi connectivity index (χ1) is 15.8. The predicted molar refractivity (Wildman–Crippen MR) is 127 cm³/mol. The van der Waals surface area contributed by atoms with Gasteiger partial charge in [-0.1, -0.05) is 42.5 Å². The fourth-order valence-electron chi connectivity index (χ4n) is 3.42. The standard InChI is InChI=1S/C23H23N5O4S/c1-16-22-20(24-13-18-9-6-10-19(11-18)27-33(2,30)31)12-21(29)28(23(22)26-15-25-16)32-14-17-7-4-3-5-8-17/h3-12,15,24,27H,13-14H2,1-2H3. The molecule has 33 heavy (non-hydrogen) atoms. The van der Waals surface area contributed by atoms with E-state index in [9.17, 15) is 13.2 Å². The Kier molecular flexibility index (Phi) is 6.27. The van der Waals surface area contributed by atoms with E-state index in [1.165, 1.54) is 17.1 Å². The third-order valence-electron chi connectivity index (χ3n) is 4.86. The SMILES string of the molecule is Cc1ncnc2c1c(NCc1cccc(NS(C)(=O)=O)c1)cc(=O)n2OCc1ccccc1. The molecule has 0 aliphatic carbocycles.